The van der Waals surface area contributed by atoms with Gasteiger partial charge in [-0.2, -0.15) is 0 Å². The van der Waals surface area contributed by atoms with Gasteiger partial charge in [0.25, 0.3) is 5.91 Å². The van der Waals surface area contributed by atoms with Gasteiger partial charge in [0.15, 0.2) is 12.4 Å². The normalized spacial score (nSPS) is 9.58. The molecule has 0 aliphatic carbocycles. The van der Waals surface area contributed by atoms with Gasteiger partial charge in [0.1, 0.15) is 25.0 Å². The zero-order valence-electron chi connectivity index (χ0n) is 13.5. The van der Waals surface area contributed by atoms with E-state index in [2.05, 4.69) is 5.32 Å². The van der Waals surface area contributed by atoms with Crippen LogP contribution in [0.4, 0.5) is 0 Å². The lowest BCUT2D eigenvalue weighted by molar-refractivity contribution is -0.671. The van der Waals surface area contributed by atoms with Crippen LogP contribution < -0.4 is 38.6 Å². The van der Waals surface area contributed by atoms with Crippen LogP contribution in [0.5, 0.6) is 5.75 Å². The maximum absolute atomic E-state index is 11.9. The SMILES string of the molecule is COc1ccc(C(=O)OCCNC(=O)c2ccc[n+](C)c2)cc1.[I-]. The Balaban J connectivity index is 0.00000288. The van der Waals surface area contributed by atoms with Crippen molar-refractivity contribution in [1.82, 2.24) is 5.32 Å². The zero-order chi connectivity index (χ0) is 16.7. The molecule has 0 saturated heterocycles. The Morgan fingerprint density at radius 2 is 1.83 bits per heavy atom. The second kappa shape index (κ2) is 9.86. The number of hydrogen-bond acceptors (Lipinski definition) is 4. The predicted molar refractivity (Wildman–Crippen MR) is 83.2 cm³/mol. The molecule has 128 valence electrons. The van der Waals surface area contributed by atoms with Gasteiger partial charge in [-0.3, -0.25) is 4.79 Å². The second-order valence-corrected chi connectivity index (χ2v) is 4.88. The molecule has 0 fully saturated rings. The van der Waals surface area contributed by atoms with Crippen LogP contribution in [0.2, 0.25) is 0 Å². The highest BCUT2D eigenvalue weighted by Gasteiger charge is 2.10. The van der Waals surface area contributed by atoms with Crippen molar-refractivity contribution in [3.8, 4) is 5.75 Å². The van der Waals surface area contributed by atoms with Crippen LogP contribution in [0.3, 0.4) is 0 Å². The highest BCUT2D eigenvalue weighted by Crippen LogP contribution is 2.11. The topological polar surface area (TPSA) is 68.5 Å². The van der Waals surface area contributed by atoms with E-state index in [1.165, 1.54) is 0 Å². The van der Waals surface area contributed by atoms with Crippen molar-refractivity contribution in [2.75, 3.05) is 20.3 Å². The molecular formula is C17H19IN2O4. The standard InChI is InChI=1S/C17H18N2O4.HI/c1-19-10-3-4-14(12-19)16(20)18-9-11-23-17(21)13-5-7-15(22-2)8-6-13;/h3-8,10,12H,9,11H2,1-2H3;1H. The molecule has 0 unspecified atom stereocenters. The van der Waals surface area contributed by atoms with E-state index in [-0.39, 0.29) is 43.0 Å². The van der Waals surface area contributed by atoms with Crippen LogP contribution in [0.1, 0.15) is 20.7 Å². The predicted octanol–water partition coefficient (Wildman–Crippen LogP) is -1.89. The van der Waals surface area contributed by atoms with Crippen molar-refractivity contribution in [1.29, 1.82) is 0 Å². The van der Waals surface area contributed by atoms with Crippen molar-refractivity contribution in [3.63, 3.8) is 0 Å². The summed E-state index contributed by atoms with van der Waals surface area (Å²) in [5, 5.41) is 2.70. The summed E-state index contributed by atoms with van der Waals surface area (Å²) in [5.41, 5.74) is 0.990. The third-order valence-corrected chi connectivity index (χ3v) is 3.15. The molecule has 24 heavy (non-hydrogen) atoms. The summed E-state index contributed by atoms with van der Waals surface area (Å²) in [6, 6.07) is 10.1. The second-order valence-electron chi connectivity index (χ2n) is 4.88. The number of carbonyl (C=O) groups is 2. The largest absolute Gasteiger partial charge is 1.00 e. The first kappa shape index (κ1) is 19.9. The average Bonchev–Trinajstić information content (AvgIpc) is 2.58. The fourth-order valence-electron chi connectivity index (χ4n) is 1.94. The van der Waals surface area contributed by atoms with E-state index in [0.717, 1.165) is 0 Å². The summed E-state index contributed by atoms with van der Waals surface area (Å²) in [4.78, 5) is 23.7. The van der Waals surface area contributed by atoms with Crippen molar-refractivity contribution in [3.05, 3.63) is 59.9 Å². The zero-order valence-corrected chi connectivity index (χ0v) is 15.6. The van der Waals surface area contributed by atoms with Crippen molar-refractivity contribution in [2.45, 2.75) is 0 Å². The van der Waals surface area contributed by atoms with Gasteiger partial charge in [-0.25, -0.2) is 9.36 Å². The van der Waals surface area contributed by atoms with Gasteiger partial charge in [-0.05, 0) is 30.3 Å². The molecule has 0 aliphatic rings. The summed E-state index contributed by atoms with van der Waals surface area (Å²) < 4.78 is 11.9. The lowest BCUT2D eigenvalue weighted by Gasteiger charge is -2.07. The smallest absolute Gasteiger partial charge is 0.338 e. The number of carbonyl (C=O) groups excluding carboxylic acids is 2. The van der Waals surface area contributed by atoms with Gasteiger partial charge in [0.05, 0.1) is 19.2 Å². The number of rotatable bonds is 6. The van der Waals surface area contributed by atoms with Gasteiger partial charge >= 0.3 is 5.97 Å². The Kier molecular flexibility index (Phi) is 8.17. The molecule has 0 atom stereocenters. The summed E-state index contributed by atoms with van der Waals surface area (Å²) in [6.07, 6.45) is 3.56. The third-order valence-electron chi connectivity index (χ3n) is 3.15. The minimum atomic E-state index is -0.437. The number of aryl methyl sites for hydroxylation is 1. The van der Waals surface area contributed by atoms with Crippen LogP contribution in [0.25, 0.3) is 0 Å². The molecule has 0 radical (unpaired) electrons. The Bertz CT molecular complexity index is 689. The van der Waals surface area contributed by atoms with E-state index in [1.54, 1.807) is 54.3 Å². The van der Waals surface area contributed by atoms with Gasteiger partial charge in [-0.15, -0.1) is 0 Å². The lowest BCUT2D eigenvalue weighted by Crippen LogP contribution is -3.00. The number of nitrogens with zero attached hydrogens (tertiary/aromatic N) is 1. The minimum absolute atomic E-state index is 0. The van der Waals surface area contributed by atoms with Gasteiger partial charge in [0.2, 0.25) is 0 Å². The van der Waals surface area contributed by atoms with Crippen LogP contribution in [-0.4, -0.2) is 32.1 Å². The molecule has 7 heteroatoms. The number of amides is 1. The molecule has 1 heterocycles. The first-order chi connectivity index (χ1) is 11.1. The number of benzene rings is 1. The van der Waals surface area contributed by atoms with E-state index >= 15 is 0 Å². The van der Waals surface area contributed by atoms with E-state index < -0.39 is 5.97 Å². The number of halogens is 1. The minimum Gasteiger partial charge on any atom is -1.00 e. The fraction of sp³-hybridized carbons (Fsp3) is 0.235. The van der Waals surface area contributed by atoms with Gasteiger partial charge in [-0.1, -0.05) is 0 Å². The molecule has 1 aromatic carbocycles. The van der Waals surface area contributed by atoms with E-state index in [4.69, 9.17) is 9.47 Å². The van der Waals surface area contributed by atoms with E-state index in [0.29, 0.717) is 16.9 Å². The Morgan fingerprint density at radius 3 is 2.46 bits per heavy atom. The van der Waals surface area contributed by atoms with Crippen LogP contribution in [0.15, 0.2) is 48.8 Å². The first-order valence-corrected chi connectivity index (χ1v) is 7.15. The number of methoxy groups -OCH3 is 1. The number of hydrogen-bond donors (Lipinski definition) is 1. The Hall–Kier alpha value is -2.16. The molecular weight excluding hydrogens is 423 g/mol. The molecule has 1 N–H and O–H groups in total. The quantitative estimate of drug-likeness (QED) is 0.246. The van der Waals surface area contributed by atoms with Gasteiger partial charge in [0, 0.05) is 6.07 Å². The van der Waals surface area contributed by atoms with Crippen molar-refractivity contribution < 1.29 is 47.6 Å². The molecule has 1 amide bonds. The third kappa shape index (κ3) is 5.80. The number of nitrogens with one attached hydrogen (secondary N) is 1. The van der Waals surface area contributed by atoms with Crippen LogP contribution >= 0.6 is 0 Å². The highest BCUT2D eigenvalue weighted by atomic mass is 127. The lowest BCUT2D eigenvalue weighted by atomic mass is 10.2. The molecule has 6 nitrogen and oxygen atoms in total. The molecule has 0 bridgehead atoms. The summed E-state index contributed by atoms with van der Waals surface area (Å²) in [5.74, 6) is 0.0274. The molecule has 2 aromatic rings. The number of pyridine rings is 1. The Morgan fingerprint density at radius 1 is 1.12 bits per heavy atom. The fourth-order valence-corrected chi connectivity index (χ4v) is 1.94. The summed E-state index contributed by atoms with van der Waals surface area (Å²) in [7, 11) is 3.40. The summed E-state index contributed by atoms with van der Waals surface area (Å²) in [6.45, 7) is 0.356. The molecule has 0 aliphatic heterocycles. The number of aromatic nitrogens is 1. The molecule has 0 saturated carbocycles. The van der Waals surface area contributed by atoms with Crippen LogP contribution in [-0.2, 0) is 11.8 Å². The number of esters is 1. The van der Waals surface area contributed by atoms with Gasteiger partial charge < -0.3 is 38.8 Å². The summed E-state index contributed by atoms with van der Waals surface area (Å²) >= 11 is 0. The van der Waals surface area contributed by atoms with Crippen LogP contribution in [0, 0.1) is 0 Å². The molecule has 2 rings (SSSR count). The van der Waals surface area contributed by atoms with Crippen molar-refractivity contribution in [2.24, 2.45) is 7.05 Å². The maximum atomic E-state index is 11.9. The van der Waals surface area contributed by atoms with E-state index in [9.17, 15) is 9.59 Å². The molecule has 0 spiro atoms. The first-order valence-electron chi connectivity index (χ1n) is 7.15. The Labute approximate surface area is 157 Å². The highest BCUT2D eigenvalue weighted by molar-refractivity contribution is 5.93. The van der Waals surface area contributed by atoms with Crippen molar-refractivity contribution >= 4 is 11.9 Å². The number of ether oxygens (including phenoxy) is 2. The average molecular weight is 442 g/mol. The van der Waals surface area contributed by atoms with E-state index in [1.807, 2.05) is 13.2 Å². The monoisotopic (exact) mass is 442 g/mol. The maximum Gasteiger partial charge on any atom is 0.338 e. The molecule has 1 aromatic heterocycles.